The molecule has 0 unspecified atom stereocenters. The molecule has 2 aromatic rings. The molecule has 0 radical (unpaired) electrons. The SMILES string of the molecule is Cc1cc(N(C)C)ccc1NCc1cn(CCCO)nn1. The highest BCUT2D eigenvalue weighted by Gasteiger charge is 2.04. The summed E-state index contributed by atoms with van der Waals surface area (Å²) >= 11 is 0. The van der Waals surface area contributed by atoms with E-state index in [2.05, 4.69) is 45.7 Å². The van der Waals surface area contributed by atoms with Crippen LogP contribution in [0.4, 0.5) is 11.4 Å². The number of aromatic nitrogens is 3. The molecule has 1 aromatic heterocycles. The molecule has 0 aliphatic heterocycles. The van der Waals surface area contributed by atoms with Gasteiger partial charge in [0.05, 0.1) is 12.7 Å². The zero-order valence-electron chi connectivity index (χ0n) is 12.9. The molecular formula is C15H23N5O. The van der Waals surface area contributed by atoms with Crippen molar-refractivity contribution in [3.05, 3.63) is 35.7 Å². The van der Waals surface area contributed by atoms with E-state index in [-0.39, 0.29) is 6.61 Å². The van der Waals surface area contributed by atoms with Crippen molar-refractivity contribution >= 4 is 11.4 Å². The van der Waals surface area contributed by atoms with Crippen LogP contribution in [0.25, 0.3) is 0 Å². The Kier molecular flexibility index (Phi) is 5.16. The summed E-state index contributed by atoms with van der Waals surface area (Å²) in [6.45, 7) is 3.60. The molecule has 0 saturated carbocycles. The van der Waals surface area contributed by atoms with Crippen LogP contribution in [0, 0.1) is 6.92 Å². The van der Waals surface area contributed by atoms with Gasteiger partial charge in [-0.25, -0.2) is 0 Å². The fourth-order valence-electron chi connectivity index (χ4n) is 2.07. The Hall–Kier alpha value is -2.08. The van der Waals surface area contributed by atoms with E-state index in [0.29, 0.717) is 19.5 Å². The third-order valence-electron chi connectivity index (χ3n) is 3.32. The van der Waals surface area contributed by atoms with Gasteiger partial charge in [0.15, 0.2) is 0 Å². The minimum absolute atomic E-state index is 0.171. The lowest BCUT2D eigenvalue weighted by molar-refractivity contribution is 0.276. The number of aliphatic hydroxyl groups excluding tert-OH is 1. The Morgan fingerprint density at radius 3 is 2.81 bits per heavy atom. The lowest BCUT2D eigenvalue weighted by Gasteiger charge is -2.15. The number of hydrogen-bond acceptors (Lipinski definition) is 5. The van der Waals surface area contributed by atoms with Crippen LogP contribution in [0.2, 0.25) is 0 Å². The normalized spacial score (nSPS) is 10.7. The van der Waals surface area contributed by atoms with Gasteiger partial charge in [-0.05, 0) is 37.1 Å². The van der Waals surface area contributed by atoms with Gasteiger partial charge in [0.1, 0.15) is 5.69 Å². The molecular weight excluding hydrogens is 266 g/mol. The topological polar surface area (TPSA) is 66.2 Å². The number of aliphatic hydroxyl groups is 1. The predicted octanol–water partition coefficient (Wildman–Crippen LogP) is 1.65. The number of aryl methyl sites for hydroxylation is 2. The highest BCUT2D eigenvalue weighted by atomic mass is 16.3. The van der Waals surface area contributed by atoms with Gasteiger partial charge >= 0.3 is 0 Å². The molecule has 0 aliphatic carbocycles. The third kappa shape index (κ3) is 4.19. The number of rotatable bonds is 7. The molecule has 1 aromatic carbocycles. The average Bonchev–Trinajstić information content (AvgIpc) is 2.91. The number of hydrogen-bond donors (Lipinski definition) is 2. The summed E-state index contributed by atoms with van der Waals surface area (Å²) in [5.41, 5.74) is 4.39. The highest BCUT2D eigenvalue weighted by molar-refractivity contribution is 5.59. The Morgan fingerprint density at radius 1 is 1.33 bits per heavy atom. The van der Waals surface area contributed by atoms with Crippen molar-refractivity contribution in [3.63, 3.8) is 0 Å². The van der Waals surface area contributed by atoms with Crippen LogP contribution in [0.3, 0.4) is 0 Å². The van der Waals surface area contributed by atoms with Crippen molar-refractivity contribution in [3.8, 4) is 0 Å². The van der Waals surface area contributed by atoms with Crippen molar-refractivity contribution < 1.29 is 5.11 Å². The first-order valence-corrected chi connectivity index (χ1v) is 7.12. The van der Waals surface area contributed by atoms with E-state index in [1.807, 2.05) is 20.3 Å². The minimum Gasteiger partial charge on any atom is -0.396 e. The molecule has 6 heteroatoms. The zero-order valence-corrected chi connectivity index (χ0v) is 12.9. The molecule has 2 N–H and O–H groups in total. The van der Waals surface area contributed by atoms with E-state index >= 15 is 0 Å². The van der Waals surface area contributed by atoms with Gasteiger partial charge < -0.3 is 15.3 Å². The lowest BCUT2D eigenvalue weighted by atomic mass is 10.1. The lowest BCUT2D eigenvalue weighted by Crippen LogP contribution is -2.09. The average molecular weight is 289 g/mol. The summed E-state index contributed by atoms with van der Waals surface area (Å²) in [5, 5.41) is 20.3. The number of nitrogens with zero attached hydrogens (tertiary/aromatic N) is 4. The summed E-state index contributed by atoms with van der Waals surface area (Å²) in [6.07, 6.45) is 2.60. The largest absolute Gasteiger partial charge is 0.396 e. The summed E-state index contributed by atoms with van der Waals surface area (Å²) in [4.78, 5) is 2.09. The first-order chi connectivity index (χ1) is 10.1. The summed E-state index contributed by atoms with van der Waals surface area (Å²) in [5.74, 6) is 0. The van der Waals surface area contributed by atoms with Crippen molar-refractivity contribution in [2.45, 2.75) is 26.4 Å². The third-order valence-corrected chi connectivity index (χ3v) is 3.32. The molecule has 2 rings (SSSR count). The molecule has 114 valence electrons. The summed E-state index contributed by atoms with van der Waals surface area (Å²) in [6, 6.07) is 6.33. The van der Waals surface area contributed by atoms with Crippen LogP contribution in [0.1, 0.15) is 17.7 Å². The van der Waals surface area contributed by atoms with Gasteiger partial charge in [0.2, 0.25) is 0 Å². The molecule has 6 nitrogen and oxygen atoms in total. The maximum absolute atomic E-state index is 8.80. The molecule has 1 heterocycles. The Labute approximate surface area is 125 Å². The molecule has 0 spiro atoms. The van der Waals surface area contributed by atoms with E-state index in [1.54, 1.807) is 4.68 Å². The van der Waals surface area contributed by atoms with Crippen LogP contribution < -0.4 is 10.2 Å². The standard InChI is InChI=1S/C15H23N5O/c1-12-9-14(19(2)3)5-6-15(12)16-10-13-11-20(18-17-13)7-4-8-21/h5-6,9,11,16,21H,4,7-8,10H2,1-3H3. The summed E-state index contributed by atoms with van der Waals surface area (Å²) in [7, 11) is 4.07. The quantitative estimate of drug-likeness (QED) is 0.811. The van der Waals surface area contributed by atoms with Crippen LogP contribution in [0.15, 0.2) is 24.4 Å². The van der Waals surface area contributed by atoms with Gasteiger partial charge in [-0.1, -0.05) is 5.21 Å². The van der Waals surface area contributed by atoms with Gasteiger partial charge in [0, 0.05) is 38.6 Å². The van der Waals surface area contributed by atoms with Gasteiger partial charge in [-0.3, -0.25) is 4.68 Å². The molecule has 0 amide bonds. The van der Waals surface area contributed by atoms with E-state index in [4.69, 9.17) is 5.11 Å². The first-order valence-electron chi connectivity index (χ1n) is 7.12. The van der Waals surface area contributed by atoms with E-state index in [0.717, 1.165) is 11.4 Å². The smallest absolute Gasteiger partial charge is 0.102 e. The van der Waals surface area contributed by atoms with Crippen LogP contribution in [0.5, 0.6) is 0 Å². The monoisotopic (exact) mass is 289 g/mol. The van der Waals surface area contributed by atoms with Crippen molar-refractivity contribution in [2.75, 3.05) is 30.9 Å². The van der Waals surface area contributed by atoms with Gasteiger partial charge in [-0.15, -0.1) is 5.10 Å². The Balaban J connectivity index is 1.95. The first kappa shape index (κ1) is 15.3. The molecule has 0 atom stereocenters. The summed E-state index contributed by atoms with van der Waals surface area (Å²) < 4.78 is 1.76. The van der Waals surface area contributed by atoms with Crippen LogP contribution in [-0.4, -0.2) is 40.8 Å². The van der Waals surface area contributed by atoms with Crippen LogP contribution >= 0.6 is 0 Å². The molecule has 0 saturated heterocycles. The fraction of sp³-hybridized carbons (Fsp3) is 0.467. The number of benzene rings is 1. The Bertz CT molecular complexity index is 579. The second kappa shape index (κ2) is 7.08. The zero-order chi connectivity index (χ0) is 15.2. The molecule has 0 fully saturated rings. The maximum atomic E-state index is 8.80. The second-order valence-corrected chi connectivity index (χ2v) is 5.30. The van der Waals surface area contributed by atoms with Crippen molar-refractivity contribution in [1.29, 1.82) is 0 Å². The second-order valence-electron chi connectivity index (χ2n) is 5.30. The fourth-order valence-corrected chi connectivity index (χ4v) is 2.07. The van der Waals surface area contributed by atoms with E-state index in [1.165, 1.54) is 11.3 Å². The van der Waals surface area contributed by atoms with Gasteiger partial charge in [0.25, 0.3) is 0 Å². The maximum Gasteiger partial charge on any atom is 0.102 e. The number of anilines is 2. The Morgan fingerprint density at radius 2 is 2.14 bits per heavy atom. The molecule has 0 bridgehead atoms. The van der Waals surface area contributed by atoms with E-state index < -0.39 is 0 Å². The van der Waals surface area contributed by atoms with Crippen molar-refractivity contribution in [2.24, 2.45) is 0 Å². The van der Waals surface area contributed by atoms with Crippen molar-refractivity contribution in [1.82, 2.24) is 15.0 Å². The predicted molar refractivity (Wildman–Crippen MR) is 84.6 cm³/mol. The van der Waals surface area contributed by atoms with Crippen LogP contribution in [-0.2, 0) is 13.1 Å². The van der Waals surface area contributed by atoms with E-state index in [9.17, 15) is 0 Å². The highest BCUT2D eigenvalue weighted by Crippen LogP contribution is 2.21. The molecule has 0 aliphatic rings. The minimum atomic E-state index is 0.171. The van der Waals surface area contributed by atoms with Gasteiger partial charge in [-0.2, -0.15) is 0 Å². The number of nitrogens with one attached hydrogen (secondary N) is 1. The molecule has 21 heavy (non-hydrogen) atoms.